The topological polar surface area (TPSA) is 34.1 Å². The van der Waals surface area contributed by atoms with E-state index >= 15 is 0 Å². The summed E-state index contributed by atoms with van der Waals surface area (Å²) in [6.45, 7) is 0. The van der Waals surface area contributed by atoms with Crippen LogP contribution in [-0.2, 0) is 9.84 Å². The van der Waals surface area contributed by atoms with E-state index in [2.05, 4.69) is 0 Å². The highest BCUT2D eigenvalue weighted by Crippen LogP contribution is 2.23. The Morgan fingerprint density at radius 2 is 1.00 bits per heavy atom. The molecule has 0 unspecified atom stereocenters. The Hall–Kier alpha value is -0.470. The van der Waals surface area contributed by atoms with Crippen LogP contribution in [0.4, 0.5) is 26.3 Å². The number of hydrogen-bond donors (Lipinski definition) is 0. The van der Waals surface area contributed by atoms with Crippen LogP contribution >= 0.6 is 0 Å². The van der Waals surface area contributed by atoms with Gasteiger partial charge in [-0.1, -0.05) is 0 Å². The Bertz CT molecular complexity index is 237. The fourth-order valence-electron chi connectivity index (χ4n) is 0.550. The molecule has 0 rings (SSSR count). The summed E-state index contributed by atoms with van der Waals surface area (Å²) in [5.74, 6) is -4.89. The molecule has 0 bridgehead atoms. The van der Waals surface area contributed by atoms with Crippen LogP contribution in [0.3, 0.4) is 0 Å². The van der Waals surface area contributed by atoms with Crippen molar-refractivity contribution in [3.8, 4) is 0 Å². The Labute approximate surface area is 69.5 Å². The van der Waals surface area contributed by atoms with Gasteiger partial charge in [0.15, 0.2) is 9.84 Å². The molecule has 0 amide bonds. The van der Waals surface area contributed by atoms with Gasteiger partial charge in [-0.25, -0.2) is 8.42 Å². The van der Waals surface area contributed by atoms with Crippen molar-refractivity contribution in [2.45, 2.75) is 12.4 Å². The average Bonchev–Trinajstić information content (AvgIpc) is 1.43. The summed E-state index contributed by atoms with van der Waals surface area (Å²) in [5.41, 5.74) is 0. The molecule has 0 saturated carbocycles. The molecule has 13 heavy (non-hydrogen) atoms. The van der Waals surface area contributed by atoms with E-state index in [1.54, 1.807) is 0 Å². The molecule has 0 aromatic rings. The van der Waals surface area contributed by atoms with E-state index in [0.29, 0.717) is 0 Å². The highest BCUT2D eigenvalue weighted by Gasteiger charge is 2.42. The number of halogens is 6. The number of sulfone groups is 1. The lowest BCUT2D eigenvalue weighted by Crippen LogP contribution is -2.31. The number of alkyl halides is 6. The highest BCUT2D eigenvalue weighted by atomic mass is 32.2. The maximum absolute atomic E-state index is 11.4. The Morgan fingerprint density at radius 3 is 1.15 bits per heavy atom. The van der Waals surface area contributed by atoms with Crippen LogP contribution in [0.2, 0.25) is 0 Å². The standard InChI is InChI=1S/C4H4F6O2S/c5-3(6,7)1-13(11,12)2-4(8,9)10/h1-2H2. The molecule has 9 heteroatoms. The SMILES string of the molecule is O=S(=O)(CC(F)(F)F)CC(F)(F)F. The molecule has 0 spiro atoms. The molecule has 0 N–H and O–H groups in total. The van der Waals surface area contributed by atoms with Gasteiger partial charge in [0, 0.05) is 0 Å². The summed E-state index contributed by atoms with van der Waals surface area (Å²) in [6.07, 6.45) is -10.3. The molecule has 0 atom stereocenters. The van der Waals surface area contributed by atoms with Crippen molar-refractivity contribution in [3.63, 3.8) is 0 Å². The summed E-state index contributed by atoms with van der Waals surface area (Å²) < 4.78 is 88.7. The molecular formula is C4H4F6O2S. The first kappa shape index (κ1) is 12.5. The minimum absolute atomic E-state index is 2.44. The summed E-state index contributed by atoms with van der Waals surface area (Å²) in [5, 5.41) is 0. The normalized spacial score (nSPS) is 14.6. The van der Waals surface area contributed by atoms with Crippen LogP contribution in [0.25, 0.3) is 0 Å². The Morgan fingerprint density at radius 1 is 0.769 bits per heavy atom. The lowest BCUT2D eigenvalue weighted by atomic mass is 10.8. The smallest absolute Gasteiger partial charge is 0.228 e. The van der Waals surface area contributed by atoms with Gasteiger partial charge in [-0.2, -0.15) is 26.3 Å². The third kappa shape index (κ3) is 7.88. The minimum atomic E-state index is -5.15. The summed E-state index contributed by atoms with van der Waals surface area (Å²) in [6, 6.07) is 0. The third-order valence-electron chi connectivity index (χ3n) is 0.767. The second-order valence-corrected chi connectivity index (χ2v) is 4.33. The molecule has 0 aliphatic heterocycles. The molecule has 0 heterocycles. The van der Waals surface area contributed by atoms with Crippen LogP contribution in [0.5, 0.6) is 0 Å². The van der Waals surface area contributed by atoms with Crippen molar-refractivity contribution >= 4 is 9.84 Å². The van der Waals surface area contributed by atoms with E-state index in [-0.39, 0.29) is 0 Å². The van der Waals surface area contributed by atoms with Crippen molar-refractivity contribution < 1.29 is 34.8 Å². The highest BCUT2D eigenvalue weighted by molar-refractivity contribution is 7.91. The zero-order chi connectivity index (χ0) is 10.9. The molecule has 0 saturated heterocycles. The summed E-state index contributed by atoms with van der Waals surface area (Å²) >= 11 is 0. The van der Waals surface area contributed by atoms with Crippen molar-refractivity contribution in [2.75, 3.05) is 11.5 Å². The minimum Gasteiger partial charge on any atom is -0.228 e. The number of rotatable bonds is 2. The lowest BCUT2D eigenvalue weighted by Gasteiger charge is -2.09. The fraction of sp³-hybridized carbons (Fsp3) is 1.00. The molecule has 0 aliphatic rings. The molecule has 0 aromatic heterocycles. The third-order valence-corrected chi connectivity index (χ3v) is 2.30. The largest absolute Gasteiger partial charge is 0.402 e. The van der Waals surface area contributed by atoms with E-state index in [1.807, 2.05) is 0 Å². The molecule has 80 valence electrons. The first-order valence-corrected chi connectivity index (χ1v) is 4.57. The van der Waals surface area contributed by atoms with Gasteiger partial charge < -0.3 is 0 Å². The van der Waals surface area contributed by atoms with Gasteiger partial charge in [-0.15, -0.1) is 0 Å². The predicted molar refractivity (Wildman–Crippen MR) is 30.8 cm³/mol. The van der Waals surface area contributed by atoms with Crippen molar-refractivity contribution in [3.05, 3.63) is 0 Å². The second kappa shape index (κ2) is 3.35. The maximum Gasteiger partial charge on any atom is 0.402 e. The molecule has 0 aliphatic carbocycles. The quantitative estimate of drug-likeness (QED) is 0.674. The lowest BCUT2D eigenvalue weighted by molar-refractivity contribution is -0.112. The second-order valence-electron chi connectivity index (χ2n) is 2.26. The fourth-order valence-corrected chi connectivity index (χ4v) is 1.65. The summed E-state index contributed by atoms with van der Waals surface area (Å²) in [7, 11) is -5.15. The average molecular weight is 230 g/mol. The van der Waals surface area contributed by atoms with Gasteiger partial charge in [-0.05, 0) is 0 Å². The number of hydrogen-bond acceptors (Lipinski definition) is 2. The van der Waals surface area contributed by atoms with E-state index < -0.39 is 33.7 Å². The predicted octanol–water partition coefficient (Wildman–Crippen LogP) is 1.53. The van der Waals surface area contributed by atoms with Gasteiger partial charge in [0.1, 0.15) is 11.5 Å². The maximum atomic E-state index is 11.4. The van der Waals surface area contributed by atoms with Gasteiger partial charge in [0.05, 0.1) is 0 Å². The Kier molecular flexibility index (Phi) is 3.23. The Balaban J connectivity index is 4.46. The van der Waals surface area contributed by atoms with E-state index in [4.69, 9.17) is 0 Å². The monoisotopic (exact) mass is 230 g/mol. The molecule has 0 radical (unpaired) electrons. The molecule has 2 nitrogen and oxygen atoms in total. The molecule has 0 aromatic carbocycles. The van der Waals surface area contributed by atoms with Crippen molar-refractivity contribution in [2.24, 2.45) is 0 Å². The zero-order valence-corrected chi connectivity index (χ0v) is 6.72. The van der Waals surface area contributed by atoms with Gasteiger partial charge in [0.25, 0.3) is 0 Å². The van der Waals surface area contributed by atoms with Gasteiger partial charge in [0.2, 0.25) is 0 Å². The van der Waals surface area contributed by atoms with Crippen LogP contribution in [0.15, 0.2) is 0 Å². The van der Waals surface area contributed by atoms with Crippen LogP contribution in [-0.4, -0.2) is 32.3 Å². The van der Waals surface area contributed by atoms with Crippen molar-refractivity contribution in [1.82, 2.24) is 0 Å². The van der Waals surface area contributed by atoms with E-state index in [1.165, 1.54) is 0 Å². The molecular weight excluding hydrogens is 226 g/mol. The van der Waals surface area contributed by atoms with E-state index in [9.17, 15) is 34.8 Å². The van der Waals surface area contributed by atoms with Crippen LogP contribution in [0.1, 0.15) is 0 Å². The van der Waals surface area contributed by atoms with Crippen LogP contribution < -0.4 is 0 Å². The summed E-state index contributed by atoms with van der Waals surface area (Å²) in [4.78, 5) is 0. The van der Waals surface area contributed by atoms with Crippen LogP contribution in [0, 0.1) is 0 Å². The first-order chi connectivity index (χ1) is 5.41. The van der Waals surface area contributed by atoms with E-state index in [0.717, 1.165) is 0 Å². The van der Waals surface area contributed by atoms with Crippen molar-refractivity contribution in [1.29, 1.82) is 0 Å². The first-order valence-electron chi connectivity index (χ1n) is 2.75. The van der Waals surface area contributed by atoms with Gasteiger partial charge >= 0.3 is 12.4 Å². The molecule has 0 fully saturated rings. The zero-order valence-electron chi connectivity index (χ0n) is 5.91. The van der Waals surface area contributed by atoms with Gasteiger partial charge in [-0.3, -0.25) is 0 Å².